The Bertz CT molecular complexity index is 416. The number of nitrogens with two attached hydrogens (primary N) is 1. The molecule has 0 heterocycles. The Morgan fingerprint density at radius 3 is 2.16 bits per heavy atom. The number of alkyl halides is 3. The van der Waals surface area contributed by atoms with Crippen LogP contribution in [0, 0.1) is 0 Å². The maximum atomic E-state index is 13.4. The summed E-state index contributed by atoms with van der Waals surface area (Å²) in [4.78, 5) is 11.6. The monoisotopic (exact) mass is 273 g/mol. The summed E-state index contributed by atoms with van der Waals surface area (Å²) in [6.45, 7) is 1.89. The fourth-order valence-electron chi connectivity index (χ4n) is 2.22. The molecule has 1 rings (SSSR count). The number of hydrogen-bond donors (Lipinski definition) is 1. The molecule has 0 bridgehead atoms. The van der Waals surface area contributed by atoms with Crippen molar-refractivity contribution in [2.24, 2.45) is 5.73 Å². The van der Waals surface area contributed by atoms with Gasteiger partial charge in [0, 0.05) is 0 Å². The van der Waals surface area contributed by atoms with E-state index in [-0.39, 0.29) is 12.0 Å². The van der Waals surface area contributed by atoms with Crippen LogP contribution in [0.3, 0.4) is 0 Å². The minimum Gasteiger partial charge on any atom is -0.369 e. The maximum Gasteiger partial charge on any atom is 0.407 e. The summed E-state index contributed by atoms with van der Waals surface area (Å²) in [5, 5.41) is 0. The van der Waals surface area contributed by atoms with Crippen LogP contribution in [-0.4, -0.2) is 12.1 Å². The Labute approximate surface area is 110 Å². The molecule has 0 spiro atoms. The quantitative estimate of drug-likeness (QED) is 0.791. The lowest BCUT2D eigenvalue weighted by Crippen LogP contribution is -2.52. The summed E-state index contributed by atoms with van der Waals surface area (Å²) in [7, 11) is 0. The molecule has 0 aliphatic carbocycles. The first-order valence-electron chi connectivity index (χ1n) is 6.28. The Balaban J connectivity index is 3.25. The number of rotatable bonds is 6. The summed E-state index contributed by atoms with van der Waals surface area (Å²) in [5.74, 6) is -1.33. The molecule has 1 amide bonds. The van der Waals surface area contributed by atoms with Crippen LogP contribution in [0.1, 0.15) is 38.2 Å². The third-order valence-corrected chi connectivity index (χ3v) is 3.33. The Morgan fingerprint density at radius 2 is 1.74 bits per heavy atom. The predicted octanol–water partition coefficient (Wildman–Crippen LogP) is 3.55. The van der Waals surface area contributed by atoms with Gasteiger partial charge >= 0.3 is 6.18 Å². The SMILES string of the molecule is CCCCCC(C(N)=O)(c1ccccc1)C(F)(F)F. The average Bonchev–Trinajstić information content (AvgIpc) is 2.34. The Kier molecular flexibility index (Phi) is 4.97. The predicted molar refractivity (Wildman–Crippen MR) is 67.5 cm³/mol. The number of hydrogen-bond acceptors (Lipinski definition) is 1. The van der Waals surface area contributed by atoms with Crippen molar-refractivity contribution in [2.45, 2.75) is 44.2 Å². The first kappa shape index (κ1) is 15.5. The zero-order valence-electron chi connectivity index (χ0n) is 10.8. The standard InChI is InChI=1S/C14H18F3NO/c1-2-3-7-10-13(12(18)19,14(15,16)17)11-8-5-4-6-9-11/h4-6,8-9H,2-3,7,10H2,1H3,(H2,18,19). The molecule has 1 aromatic carbocycles. The summed E-state index contributed by atoms with van der Waals surface area (Å²) in [5.41, 5.74) is 2.46. The van der Waals surface area contributed by atoms with E-state index < -0.39 is 17.5 Å². The zero-order chi connectivity index (χ0) is 14.5. The highest BCUT2D eigenvalue weighted by molar-refractivity contribution is 5.87. The van der Waals surface area contributed by atoms with Gasteiger partial charge in [-0.05, 0) is 12.0 Å². The summed E-state index contributed by atoms with van der Waals surface area (Å²) < 4.78 is 40.3. The molecule has 1 unspecified atom stereocenters. The molecule has 0 saturated carbocycles. The van der Waals surface area contributed by atoms with Crippen molar-refractivity contribution in [3.05, 3.63) is 35.9 Å². The van der Waals surface area contributed by atoms with Gasteiger partial charge in [-0.15, -0.1) is 0 Å². The molecule has 0 aliphatic heterocycles. The van der Waals surface area contributed by atoms with Crippen LogP contribution in [-0.2, 0) is 10.2 Å². The molecule has 0 radical (unpaired) electrons. The van der Waals surface area contributed by atoms with Gasteiger partial charge in [0.05, 0.1) is 0 Å². The minimum absolute atomic E-state index is 0.0777. The van der Waals surface area contributed by atoms with E-state index in [0.29, 0.717) is 12.8 Å². The van der Waals surface area contributed by atoms with Gasteiger partial charge in [0.15, 0.2) is 5.41 Å². The molecule has 1 aromatic rings. The van der Waals surface area contributed by atoms with E-state index in [1.54, 1.807) is 6.07 Å². The molecular formula is C14H18F3NO. The van der Waals surface area contributed by atoms with Crippen LogP contribution in [0.4, 0.5) is 13.2 Å². The fraction of sp³-hybridized carbons (Fsp3) is 0.500. The van der Waals surface area contributed by atoms with E-state index >= 15 is 0 Å². The molecule has 106 valence electrons. The highest BCUT2D eigenvalue weighted by atomic mass is 19.4. The average molecular weight is 273 g/mol. The molecule has 19 heavy (non-hydrogen) atoms. The fourth-order valence-corrected chi connectivity index (χ4v) is 2.22. The van der Waals surface area contributed by atoms with Crippen molar-refractivity contribution in [3.63, 3.8) is 0 Å². The van der Waals surface area contributed by atoms with Gasteiger partial charge in [-0.2, -0.15) is 13.2 Å². The molecule has 5 heteroatoms. The van der Waals surface area contributed by atoms with Crippen LogP contribution in [0.25, 0.3) is 0 Å². The number of unbranched alkanes of at least 4 members (excludes halogenated alkanes) is 2. The number of amides is 1. The van der Waals surface area contributed by atoms with Crippen molar-refractivity contribution in [2.75, 3.05) is 0 Å². The van der Waals surface area contributed by atoms with Crippen LogP contribution >= 0.6 is 0 Å². The number of benzene rings is 1. The normalized spacial score (nSPS) is 14.9. The number of halogens is 3. The van der Waals surface area contributed by atoms with Crippen molar-refractivity contribution >= 4 is 5.91 Å². The molecular weight excluding hydrogens is 255 g/mol. The number of carbonyl (C=O) groups is 1. The van der Waals surface area contributed by atoms with E-state index in [2.05, 4.69) is 0 Å². The zero-order valence-corrected chi connectivity index (χ0v) is 10.8. The molecule has 2 N–H and O–H groups in total. The van der Waals surface area contributed by atoms with E-state index in [1.165, 1.54) is 24.3 Å². The largest absolute Gasteiger partial charge is 0.407 e. The van der Waals surface area contributed by atoms with Crippen LogP contribution in [0.5, 0.6) is 0 Å². The second-order valence-corrected chi connectivity index (χ2v) is 4.59. The van der Waals surface area contributed by atoms with Gasteiger partial charge in [-0.3, -0.25) is 4.79 Å². The van der Waals surface area contributed by atoms with Crippen molar-refractivity contribution < 1.29 is 18.0 Å². The van der Waals surface area contributed by atoms with Gasteiger partial charge in [0.25, 0.3) is 0 Å². The Morgan fingerprint density at radius 1 is 1.16 bits per heavy atom. The van der Waals surface area contributed by atoms with E-state index in [9.17, 15) is 18.0 Å². The van der Waals surface area contributed by atoms with E-state index in [4.69, 9.17) is 5.73 Å². The lowest BCUT2D eigenvalue weighted by molar-refractivity contribution is -0.195. The number of carbonyl (C=O) groups excluding carboxylic acids is 1. The van der Waals surface area contributed by atoms with E-state index in [0.717, 1.165) is 6.42 Å². The van der Waals surface area contributed by atoms with E-state index in [1.807, 2.05) is 6.92 Å². The summed E-state index contributed by atoms with van der Waals surface area (Å²) in [6, 6.07) is 7.20. The highest BCUT2D eigenvalue weighted by Crippen LogP contribution is 2.44. The second-order valence-electron chi connectivity index (χ2n) is 4.59. The van der Waals surface area contributed by atoms with Gasteiger partial charge in [-0.1, -0.05) is 56.5 Å². The van der Waals surface area contributed by atoms with Gasteiger partial charge < -0.3 is 5.73 Å². The first-order valence-corrected chi connectivity index (χ1v) is 6.28. The molecule has 0 aromatic heterocycles. The lowest BCUT2D eigenvalue weighted by Gasteiger charge is -2.33. The summed E-state index contributed by atoms with van der Waals surface area (Å²) in [6.07, 6.45) is -3.26. The third-order valence-electron chi connectivity index (χ3n) is 3.33. The van der Waals surface area contributed by atoms with Gasteiger partial charge in [-0.25, -0.2) is 0 Å². The third kappa shape index (κ3) is 3.08. The maximum absolute atomic E-state index is 13.4. The molecule has 0 aliphatic rings. The molecule has 0 saturated heterocycles. The van der Waals surface area contributed by atoms with Gasteiger partial charge in [0.1, 0.15) is 0 Å². The molecule has 0 fully saturated rings. The number of primary amides is 1. The topological polar surface area (TPSA) is 43.1 Å². The smallest absolute Gasteiger partial charge is 0.369 e. The van der Waals surface area contributed by atoms with Crippen molar-refractivity contribution in [3.8, 4) is 0 Å². The van der Waals surface area contributed by atoms with Crippen LogP contribution in [0.2, 0.25) is 0 Å². The first-order chi connectivity index (χ1) is 8.86. The Hall–Kier alpha value is -1.52. The second kappa shape index (κ2) is 6.08. The molecule has 1 atom stereocenters. The van der Waals surface area contributed by atoms with Crippen molar-refractivity contribution in [1.29, 1.82) is 0 Å². The van der Waals surface area contributed by atoms with Gasteiger partial charge in [0.2, 0.25) is 5.91 Å². The van der Waals surface area contributed by atoms with Crippen LogP contribution < -0.4 is 5.73 Å². The summed E-state index contributed by atoms with van der Waals surface area (Å²) >= 11 is 0. The molecule has 2 nitrogen and oxygen atoms in total. The van der Waals surface area contributed by atoms with Crippen molar-refractivity contribution in [1.82, 2.24) is 0 Å². The lowest BCUT2D eigenvalue weighted by atomic mass is 9.75. The van der Waals surface area contributed by atoms with Crippen LogP contribution in [0.15, 0.2) is 30.3 Å². The minimum atomic E-state index is -4.69. The highest BCUT2D eigenvalue weighted by Gasteiger charge is 2.59.